The van der Waals surface area contributed by atoms with Crippen molar-refractivity contribution in [2.75, 3.05) is 19.7 Å². The first-order chi connectivity index (χ1) is 14.7. The van der Waals surface area contributed by atoms with Crippen LogP contribution in [0.3, 0.4) is 0 Å². The zero-order valence-corrected chi connectivity index (χ0v) is 18.6. The number of hydrogen-bond acceptors (Lipinski definition) is 5. The Morgan fingerprint density at radius 3 is 2.65 bits per heavy atom. The number of alkyl carbamates (subject to hydrolysis) is 1. The minimum atomic E-state index is -0.835. The number of halogens is 2. The van der Waals surface area contributed by atoms with Crippen LogP contribution >= 0.6 is 11.6 Å². The molecule has 0 aromatic heterocycles. The van der Waals surface area contributed by atoms with E-state index >= 15 is 0 Å². The van der Waals surface area contributed by atoms with Crippen LogP contribution in [0.15, 0.2) is 18.2 Å². The molecule has 2 aliphatic carbocycles. The largest absolute Gasteiger partial charge is 0.489 e. The highest BCUT2D eigenvalue weighted by Gasteiger charge is 2.53. The molecule has 4 fully saturated rings. The number of ether oxygens (including phenoxy) is 2. The minimum absolute atomic E-state index is 0.116. The average Bonchev–Trinajstić information content (AvgIpc) is 3.04. The van der Waals surface area contributed by atoms with E-state index in [2.05, 4.69) is 10.2 Å². The number of rotatable bonds is 5. The SMILES string of the molecule is CC(O)(CC1CC2(COC(=O)N2)C1)N1CCC2(CC1)CC(Oc1ccc(F)cc1Cl)C2. The highest BCUT2D eigenvalue weighted by Crippen LogP contribution is 2.52. The van der Waals surface area contributed by atoms with Crippen LogP contribution in [0.5, 0.6) is 5.75 Å². The molecule has 1 aromatic carbocycles. The predicted molar refractivity (Wildman–Crippen MR) is 113 cm³/mol. The monoisotopic (exact) mass is 452 g/mol. The number of likely N-dealkylation sites (tertiary alicyclic amines) is 1. The van der Waals surface area contributed by atoms with Crippen molar-refractivity contribution in [2.24, 2.45) is 11.3 Å². The summed E-state index contributed by atoms with van der Waals surface area (Å²) in [5, 5.41) is 14.4. The van der Waals surface area contributed by atoms with Gasteiger partial charge in [-0.1, -0.05) is 11.6 Å². The van der Waals surface area contributed by atoms with Crippen molar-refractivity contribution in [1.29, 1.82) is 0 Å². The topological polar surface area (TPSA) is 71.0 Å². The fourth-order valence-electron chi connectivity index (χ4n) is 6.19. The molecule has 170 valence electrons. The maximum atomic E-state index is 13.2. The van der Waals surface area contributed by atoms with Gasteiger partial charge in [-0.05, 0) is 81.4 Å². The van der Waals surface area contributed by atoms with E-state index in [4.69, 9.17) is 21.1 Å². The lowest BCUT2D eigenvalue weighted by Gasteiger charge is -2.54. The highest BCUT2D eigenvalue weighted by atomic mass is 35.5. The van der Waals surface area contributed by atoms with Gasteiger partial charge in [-0.2, -0.15) is 0 Å². The van der Waals surface area contributed by atoms with Crippen LogP contribution in [-0.2, 0) is 4.74 Å². The van der Waals surface area contributed by atoms with Crippen molar-refractivity contribution in [3.8, 4) is 5.75 Å². The Morgan fingerprint density at radius 2 is 2.03 bits per heavy atom. The Balaban J connectivity index is 1.08. The summed E-state index contributed by atoms with van der Waals surface area (Å²) >= 11 is 6.08. The lowest BCUT2D eigenvalue weighted by molar-refractivity contribution is -0.154. The van der Waals surface area contributed by atoms with E-state index < -0.39 is 5.72 Å². The summed E-state index contributed by atoms with van der Waals surface area (Å²) < 4.78 is 24.2. The molecule has 0 radical (unpaired) electrons. The third kappa shape index (κ3) is 4.12. The molecule has 1 amide bonds. The van der Waals surface area contributed by atoms with Crippen LogP contribution < -0.4 is 10.1 Å². The molecule has 0 bridgehead atoms. The second kappa shape index (κ2) is 7.49. The smallest absolute Gasteiger partial charge is 0.407 e. The molecule has 2 saturated heterocycles. The number of cyclic esters (lactones) is 1. The maximum absolute atomic E-state index is 13.2. The van der Waals surface area contributed by atoms with Crippen molar-refractivity contribution in [3.63, 3.8) is 0 Å². The van der Waals surface area contributed by atoms with Crippen LogP contribution in [0.4, 0.5) is 9.18 Å². The van der Waals surface area contributed by atoms with Gasteiger partial charge in [0.2, 0.25) is 0 Å². The molecule has 4 aliphatic rings. The average molecular weight is 453 g/mol. The van der Waals surface area contributed by atoms with Gasteiger partial charge in [0.1, 0.15) is 23.9 Å². The standard InChI is InChI=1S/C23H30ClFN2O4/c1-21(29,9-15-10-23(11-15)14-30-20(28)26-23)27-6-4-22(5-7-27)12-17(13-22)31-19-3-2-16(25)8-18(19)24/h2-3,8,15,17,29H,4-7,9-14H2,1H3,(H,26,28). The molecule has 5 rings (SSSR count). The fraction of sp³-hybridized carbons (Fsp3) is 0.696. The molecule has 6 nitrogen and oxygen atoms in total. The van der Waals surface area contributed by atoms with Gasteiger partial charge in [0.05, 0.1) is 16.7 Å². The summed E-state index contributed by atoms with van der Waals surface area (Å²) in [5.74, 6) is 0.584. The van der Waals surface area contributed by atoms with Gasteiger partial charge in [0.15, 0.2) is 0 Å². The number of piperidine rings is 1. The summed E-state index contributed by atoms with van der Waals surface area (Å²) in [6.07, 6.45) is 6.28. The molecule has 1 unspecified atom stereocenters. The first-order valence-electron chi connectivity index (χ1n) is 11.2. The Kier molecular flexibility index (Phi) is 5.14. The first-order valence-corrected chi connectivity index (χ1v) is 11.6. The van der Waals surface area contributed by atoms with E-state index in [1.165, 1.54) is 12.1 Å². The van der Waals surface area contributed by atoms with Gasteiger partial charge in [-0.15, -0.1) is 0 Å². The number of hydrogen-bond donors (Lipinski definition) is 2. The summed E-state index contributed by atoms with van der Waals surface area (Å²) in [6.45, 7) is 4.11. The lowest BCUT2D eigenvalue weighted by Crippen LogP contribution is -2.59. The Bertz CT molecular complexity index is 857. The van der Waals surface area contributed by atoms with E-state index in [0.717, 1.165) is 51.6 Å². The molecule has 1 aromatic rings. The van der Waals surface area contributed by atoms with Crippen molar-refractivity contribution in [2.45, 2.75) is 69.2 Å². The molecule has 2 saturated carbocycles. The molecular formula is C23H30ClFN2O4. The van der Waals surface area contributed by atoms with Crippen molar-refractivity contribution < 1.29 is 23.8 Å². The number of aliphatic hydroxyl groups is 1. The summed E-state index contributed by atoms with van der Waals surface area (Å²) in [6, 6.07) is 4.24. The van der Waals surface area contributed by atoms with Gasteiger partial charge in [0.25, 0.3) is 0 Å². The third-order valence-corrected chi connectivity index (χ3v) is 8.19. The van der Waals surface area contributed by atoms with Crippen LogP contribution in [0.1, 0.15) is 51.9 Å². The number of benzene rings is 1. The van der Waals surface area contributed by atoms with Crippen LogP contribution in [0, 0.1) is 17.2 Å². The Hall–Kier alpha value is -1.57. The van der Waals surface area contributed by atoms with E-state index in [-0.39, 0.29) is 29.0 Å². The van der Waals surface area contributed by atoms with Gasteiger partial charge < -0.3 is 19.9 Å². The predicted octanol–water partition coefficient (Wildman–Crippen LogP) is 4.09. The molecule has 31 heavy (non-hydrogen) atoms. The van der Waals surface area contributed by atoms with Crippen molar-refractivity contribution in [1.82, 2.24) is 10.2 Å². The number of nitrogens with one attached hydrogen (secondary N) is 1. The van der Waals surface area contributed by atoms with E-state index in [1.807, 2.05) is 6.92 Å². The van der Waals surface area contributed by atoms with E-state index in [0.29, 0.717) is 29.7 Å². The highest BCUT2D eigenvalue weighted by molar-refractivity contribution is 6.32. The second-order valence-corrected chi connectivity index (χ2v) is 10.8. The lowest BCUT2D eigenvalue weighted by atomic mass is 9.61. The Labute approximate surface area is 187 Å². The Morgan fingerprint density at radius 1 is 1.32 bits per heavy atom. The molecule has 2 heterocycles. The van der Waals surface area contributed by atoms with Crippen molar-refractivity contribution in [3.05, 3.63) is 29.0 Å². The summed E-state index contributed by atoms with van der Waals surface area (Å²) in [4.78, 5) is 13.5. The quantitative estimate of drug-likeness (QED) is 0.704. The van der Waals surface area contributed by atoms with Gasteiger partial charge in [0, 0.05) is 13.1 Å². The molecule has 8 heteroatoms. The van der Waals surface area contributed by atoms with Gasteiger partial charge in [-0.3, -0.25) is 4.90 Å². The third-order valence-electron chi connectivity index (χ3n) is 7.90. The fourth-order valence-corrected chi connectivity index (χ4v) is 6.40. The molecular weight excluding hydrogens is 423 g/mol. The van der Waals surface area contributed by atoms with Gasteiger partial charge in [-0.25, -0.2) is 9.18 Å². The number of amides is 1. The molecule has 2 spiro atoms. The first kappa shape index (κ1) is 21.3. The molecule has 2 aliphatic heterocycles. The molecule has 2 N–H and O–H groups in total. The van der Waals surface area contributed by atoms with E-state index in [9.17, 15) is 14.3 Å². The zero-order valence-electron chi connectivity index (χ0n) is 17.8. The number of nitrogens with zero attached hydrogens (tertiary/aromatic N) is 1. The maximum Gasteiger partial charge on any atom is 0.407 e. The normalized spacial score (nSPS) is 29.0. The van der Waals surface area contributed by atoms with Crippen molar-refractivity contribution >= 4 is 17.7 Å². The zero-order chi connectivity index (χ0) is 21.9. The second-order valence-electron chi connectivity index (χ2n) is 10.4. The van der Waals surface area contributed by atoms with Crippen LogP contribution in [0.2, 0.25) is 5.02 Å². The summed E-state index contributed by atoms with van der Waals surface area (Å²) in [7, 11) is 0. The van der Waals surface area contributed by atoms with Crippen LogP contribution in [-0.4, -0.2) is 53.2 Å². The van der Waals surface area contributed by atoms with Gasteiger partial charge >= 0.3 is 6.09 Å². The van der Waals surface area contributed by atoms with E-state index in [1.54, 1.807) is 6.07 Å². The minimum Gasteiger partial charge on any atom is -0.489 e. The van der Waals surface area contributed by atoms with Crippen LogP contribution in [0.25, 0.3) is 0 Å². The number of carbonyl (C=O) groups is 1. The molecule has 1 atom stereocenters. The number of carbonyl (C=O) groups excluding carboxylic acids is 1. The summed E-state index contributed by atoms with van der Waals surface area (Å²) in [5.41, 5.74) is -0.757.